The van der Waals surface area contributed by atoms with Crippen LogP contribution in [0.4, 0.5) is 11.4 Å². The van der Waals surface area contributed by atoms with E-state index in [1.807, 2.05) is 49.1 Å². The van der Waals surface area contributed by atoms with Gasteiger partial charge in [0.15, 0.2) is 6.10 Å². The van der Waals surface area contributed by atoms with Crippen LogP contribution in [-0.2, 0) is 9.59 Å². The van der Waals surface area contributed by atoms with Crippen molar-refractivity contribution in [2.75, 3.05) is 23.3 Å². The van der Waals surface area contributed by atoms with E-state index in [9.17, 15) is 9.59 Å². The third-order valence-electron chi connectivity index (χ3n) is 4.97. The van der Waals surface area contributed by atoms with Gasteiger partial charge in [-0.15, -0.1) is 0 Å². The second-order valence-corrected chi connectivity index (χ2v) is 7.41. The van der Waals surface area contributed by atoms with Gasteiger partial charge < -0.3 is 20.3 Å². The lowest BCUT2D eigenvalue weighted by molar-refractivity contribution is -0.129. The van der Waals surface area contributed by atoms with E-state index in [-0.39, 0.29) is 24.4 Å². The van der Waals surface area contributed by atoms with Crippen LogP contribution in [0.25, 0.3) is 0 Å². The molecule has 2 amide bonds. The molecule has 29 heavy (non-hydrogen) atoms. The standard InChI is InChI=1S/C22H26ClN3O3/c1-3-15(4-2)24-22(28)20-13-26(18-11-7-8-12-19(18)29-20)14-21(27)25-17-10-6-5-9-16(17)23/h5-12,15,20H,3-4,13-14H2,1-2H3,(H,24,28)(H,25,27). The lowest BCUT2D eigenvalue weighted by atomic mass is 10.1. The number of hydrogen-bond acceptors (Lipinski definition) is 4. The van der Waals surface area contributed by atoms with Crippen LogP contribution in [0.15, 0.2) is 48.5 Å². The Morgan fingerprint density at radius 1 is 1.14 bits per heavy atom. The van der Waals surface area contributed by atoms with Crippen LogP contribution in [0.2, 0.25) is 5.02 Å². The van der Waals surface area contributed by atoms with E-state index >= 15 is 0 Å². The Bertz CT molecular complexity index is 870. The predicted octanol–water partition coefficient (Wildman–Crippen LogP) is 3.85. The van der Waals surface area contributed by atoms with Crippen LogP contribution in [0.1, 0.15) is 26.7 Å². The number of nitrogens with one attached hydrogen (secondary N) is 2. The number of carbonyl (C=O) groups is 2. The first-order chi connectivity index (χ1) is 14.0. The average molecular weight is 416 g/mol. The second kappa shape index (κ2) is 9.65. The first-order valence-corrected chi connectivity index (χ1v) is 10.2. The summed E-state index contributed by atoms with van der Waals surface area (Å²) in [5, 5.41) is 6.34. The maximum Gasteiger partial charge on any atom is 0.263 e. The smallest absolute Gasteiger partial charge is 0.263 e. The number of anilines is 2. The molecule has 0 saturated carbocycles. The molecule has 2 N–H and O–H groups in total. The molecule has 2 aromatic carbocycles. The third kappa shape index (κ3) is 5.21. The number of benzene rings is 2. The maximum atomic E-state index is 12.7. The van der Waals surface area contributed by atoms with Crippen LogP contribution in [-0.4, -0.2) is 37.0 Å². The van der Waals surface area contributed by atoms with Gasteiger partial charge in [0.05, 0.1) is 29.5 Å². The van der Waals surface area contributed by atoms with Crippen LogP contribution >= 0.6 is 11.6 Å². The van der Waals surface area contributed by atoms with Gasteiger partial charge in [-0.1, -0.05) is 49.7 Å². The van der Waals surface area contributed by atoms with Gasteiger partial charge >= 0.3 is 0 Å². The minimum Gasteiger partial charge on any atom is -0.477 e. The summed E-state index contributed by atoms with van der Waals surface area (Å²) in [7, 11) is 0. The fourth-order valence-corrected chi connectivity index (χ4v) is 3.49. The minimum atomic E-state index is -0.682. The van der Waals surface area contributed by atoms with Gasteiger partial charge in [0.2, 0.25) is 5.91 Å². The van der Waals surface area contributed by atoms with E-state index in [4.69, 9.17) is 16.3 Å². The Labute approximate surface area is 176 Å². The molecule has 0 spiro atoms. The van der Waals surface area contributed by atoms with Gasteiger partial charge in [-0.2, -0.15) is 0 Å². The number of fused-ring (bicyclic) bond motifs is 1. The lowest BCUT2D eigenvalue weighted by Gasteiger charge is -2.35. The molecule has 1 heterocycles. The molecule has 0 aromatic heterocycles. The van der Waals surface area contributed by atoms with Gasteiger partial charge in [-0.3, -0.25) is 9.59 Å². The van der Waals surface area contributed by atoms with E-state index in [1.165, 1.54) is 0 Å². The van der Waals surface area contributed by atoms with E-state index in [0.29, 0.717) is 23.0 Å². The van der Waals surface area contributed by atoms with Crippen LogP contribution in [0.3, 0.4) is 0 Å². The summed E-state index contributed by atoms with van der Waals surface area (Å²) in [6.07, 6.45) is 1.03. The zero-order chi connectivity index (χ0) is 20.8. The molecule has 1 aliphatic rings. The second-order valence-electron chi connectivity index (χ2n) is 7.00. The van der Waals surface area contributed by atoms with E-state index in [1.54, 1.807) is 18.2 Å². The van der Waals surface area contributed by atoms with Crippen molar-refractivity contribution in [1.29, 1.82) is 0 Å². The number of halogens is 1. The molecule has 1 atom stereocenters. The lowest BCUT2D eigenvalue weighted by Crippen LogP contribution is -2.52. The largest absolute Gasteiger partial charge is 0.477 e. The summed E-state index contributed by atoms with van der Waals surface area (Å²) >= 11 is 6.13. The molecule has 0 aliphatic carbocycles. The highest BCUT2D eigenvalue weighted by Gasteiger charge is 2.32. The Kier molecular flexibility index (Phi) is 6.99. The van der Waals surface area contributed by atoms with Gasteiger partial charge in [-0.25, -0.2) is 0 Å². The molecule has 154 valence electrons. The van der Waals surface area contributed by atoms with Gasteiger partial charge in [0.25, 0.3) is 5.91 Å². The molecule has 0 fully saturated rings. The predicted molar refractivity (Wildman–Crippen MR) is 116 cm³/mol. The van der Waals surface area contributed by atoms with Crippen molar-refractivity contribution in [3.8, 4) is 5.75 Å². The number of amides is 2. The molecule has 1 unspecified atom stereocenters. The number of rotatable bonds is 7. The van der Waals surface area contributed by atoms with Crippen molar-refractivity contribution in [2.24, 2.45) is 0 Å². The summed E-state index contributed by atoms with van der Waals surface area (Å²) in [6, 6.07) is 14.6. The quantitative estimate of drug-likeness (QED) is 0.720. The number of carbonyl (C=O) groups excluding carboxylic acids is 2. The maximum absolute atomic E-state index is 12.7. The van der Waals surface area contributed by atoms with Crippen molar-refractivity contribution in [3.05, 3.63) is 53.6 Å². The van der Waals surface area contributed by atoms with E-state index in [0.717, 1.165) is 18.5 Å². The van der Waals surface area contributed by atoms with Crippen LogP contribution in [0, 0.1) is 0 Å². The first kappa shape index (κ1) is 21.0. The fourth-order valence-electron chi connectivity index (χ4n) is 3.31. The van der Waals surface area contributed by atoms with Gasteiger partial charge in [0, 0.05) is 6.04 Å². The average Bonchev–Trinajstić information content (AvgIpc) is 2.73. The Morgan fingerprint density at radius 3 is 2.55 bits per heavy atom. The van der Waals surface area contributed by atoms with Gasteiger partial charge in [-0.05, 0) is 37.1 Å². The number of hydrogen-bond donors (Lipinski definition) is 2. The molecule has 7 heteroatoms. The number of nitrogens with zero attached hydrogens (tertiary/aromatic N) is 1. The summed E-state index contributed by atoms with van der Waals surface area (Å²) in [5.74, 6) is 0.215. The molecule has 1 aliphatic heterocycles. The zero-order valence-corrected chi connectivity index (χ0v) is 17.4. The summed E-state index contributed by atoms with van der Waals surface area (Å²) in [5.41, 5.74) is 1.34. The third-order valence-corrected chi connectivity index (χ3v) is 5.30. The van der Waals surface area contributed by atoms with Crippen molar-refractivity contribution >= 4 is 34.8 Å². The Hall–Kier alpha value is -2.73. The summed E-state index contributed by atoms with van der Waals surface area (Å²) < 4.78 is 5.93. The zero-order valence-electron chi connectivity index (χ0n) is 16.7. The van der Waals surface area contributed by atoms with Crippen LogP contribution < -0.4 is 20.3 Å². The number of ether oxygens (including phenoxy) is 1. The SMILES string of the molecule is CCC(CC)NC(=O)C1CN(CC(=O)Nc2ccccc2Cl)c2ccccc2O1. The van der Waals surface area contributed by atoms with Crippen molar-refractivity contribution in [3.63, 3.8) is 0 Å². The van der Waals surface area contributed by atoms with Crippen LogP contribution in [0.5, 0.6) is 5.75 Å². The fraction of sp³-hybridized carbons (Fsp3) is 0.364. The monoisotopic (exact) mass is 415 g/mol. The highest BCUT2D eigenvalue weighted by atomic mass is 35.5. The van der Waals surface area contributed by atoms with Crippen molar-refractivity contribution in [2.45, 2.75) is 38.8 Å². The number of para-hydroxylation sites is 3. The summed E-state index contributed by atoms with van der Waals surface area (Å²) in [6.45, 7) is 4.45. The molecular weight excluding hydrogens is 390 g/mol. The molecule has 0 saturated heterocycles. The summed E-state index contributed by atoms with van der Waals surface area (Å²) in [4.78, 5) is 27.2. The van der Waals surface area contributed by atoms with Crippen molar-refractivity contribution in [1.82, 2.24) is 5.32 Å². The Balaban J connectivity index is 1.73. The Morgan fingerprint density at radius 2 is 1.83 bits per heavy atom. The topological polar surface area (TPSA) is 70.7 Å². The molecular formula is C22H26ClN3O3. The molecule has 0 radical (unpaired) electrons. The normalized spacial score (nSPS) is 15.4. The molecule has 6 nitrogen and oxygen atoms in total. The molecule has 0 bridgehead atoms. The van der Waals surface area contributed by atoms with E-state index < -0.39 is 6.10 Å². The minimum absolute atomic E-state index is 0.0837. The van der Waals surface area contributed by atoms with E-state index in [2.05, 4.69) is 10.6 Å². The highest BCUT2D eigenvalue weighted by molar-refractivity contribution is 6.33. The molecule has 2 aromatic rings. The van der Waals surface area contributed by atoms with Crippen molar-refractivity contribution < 1.29 is 14.3 Å². The van der Waals surface area contributed by atoms with Gasteiger partial charge in [0.1, 0.15) is 5.75 Å². The highest BCUT2D eigenvalue weighted by Crippen LogP contribution is 2.33. The molecule has 3 rings (SSSR count). The first-order valence-electron chi connectivity index (χ1n) is 9.87.